The largest absolute Gasteiger partial charge is 0.465 e. The van der Waals surface area contributed by atoms with Crippen LogP contribution in [0.1, 0.15) is 32.3 Å². The Morgan fingerprint density at radius 2 is 2.06 bits per heavy atom. The lowest BCUT2D eigenvalue weighted by atomic mass is 10.3. The quantitative estimate of drug-likeness (QED) is 0.748. The topological polar surface area (TPSA) is 55.3 Å². The van der Waals surface area contributed by atoms with Gasteiger partial charge in [-0.3, -0.25) is 4.79 Å². The molecule has 0 aliphatic rings. The van der Waals surface area contributed by atoms with E-state index in [0.717, 1.165) is 11.5 Å². The SMILES string of the molecule is CCOC(=O)CN(c1cc(C)nc(C)n1)C(C)C. The molecule has 0 fully saturated rings. The van der Waals surface area contributed by atoms with E-state index in [9.17, 15) is 4.79 Å². The highest BCUT2D eigenvalue weighted by atomic mass is 16.5. The number of anilines is 1. The fraction of sp³-hybridized carbons (Fsp3) is 0.615. The number of aromatic nitrogens is 2. The Labute approximate surface area is 108 Å². The van der Waals surface area contributed by atoms with Crippen LogP contribution in [0, 0.1) is 13.8 Å². The van der Waals surface area contributed by atoms with E-state index in [1.165, 1.54) is 0 Å². The monoisotopic (exact) mass is 251 g/mol. The third-order valence-electron chi connectivity index (χ3n) is 2.47. The van der Waals surface area contributed by atoms with E-state index in [1.807, 2.05) is 38.7 Å². The summed E-state index contributed by atoms with van der Waals surface area (Å²) in [7, 11) is 0. The van der Waals surface area contributed by atoms with Gasteiger partial charge in [-0.25, -0.2) is 9.97 Å². The maximum Gasteiger partial charge on any atom is 0.325 e. The summed E-state index contributed by atoms with van der Waals surface area (Å²) in [6, 6.07) is 2.05. The van der Waals surface area contributed by atoms with Gasteiger partial charge in [-0.1, -0.05) is 0 Å². The summed E-state index contributed by atoms with van der Waals surface area (Å²) >= 11 is 0. The number of esters is 1. The molecule has 1 aromatic heterocycles. The predicted molar refractivity (Wildman–Crippen MR) is 70.6 cm³/mol. The van der Waals surface area contributed by atoms with Crippen LogP contribution in [0.3, 0.4) is 0 Å². The molecule has 0 spiro atoms. The number of carbonyl (C=O) groups excluding carboxylic acids is 1. The van der Waals surface area contributed by atoms with Crippen molar-refractivity contribution in [3.05, 3.63) is 17.6 Å². The molecule has 0 aromatic carbocycles. The number of hydrogen-bond acceptors (Lipinski definition) is 5. The van der Waals surface area contributed by atoms with Crippen molar-refractivity contribution in [2.45, 2.75) is 40.7 Å². The Morgan fingerprint density at radius 1 is 1.39 bits per heavy atom. The molecule has 0 N–H and O–H groups in total. The highest BCUT2D eigenvalue weighted by Gasteiger charge is 2.17. The van der Waals surface area contributed by atoms with Gasteiger partial charge in [0.05, 0.1) is 6.61 Å². The highest BCUT2D eigenvalue weighted by molar-refractivity contribution is 5.75. The van der Waals surface area contributed by atoms with Crippen LogP contribution >= 0.6 is 0 Å². The molecule has 0 saturated heterocycles. The molecule has 0 saturated carbocycles. The number of carbonyl (C=O) groups is 1. The van der Waals surface area contributed by atoms with Crippen LogP contribution < -0.4 is 4.90 Å². The van der Waals surface area contributed by atoms with Gasteiger partial charge < -0.3 is 9.64 Å². The molecule has 0 radical (unpaired) electrons. The lowest BCUT2D eigenvalue weighted by Crippen LogP contribution is -2.37. The summed E-state index contributed by atoms with van der Waals surface area (Å²) in [6.45, 7) is 10.2. The average Bonchev–Trinajstić information content (AvgIpc) is 2.24. The van der Waals surface area contributed by atoms with Crippen LogP contribution in [0.15, 0.2) is 6.07 Å². The smallest absolute Gasteiger partial charge is 0.325 e. The van der Waals surface area contributed by atoms with E-state index >= 15 is 0 Å². The average molecular weight is 251 g/mol. The molecule has 5 heteroatoms. The summed E-state index contributed by atoms with van der Waals surface area (Å²) in [5.74, 6) is 1.24. The number of rotatable bonds is 5. The maximum atomic E-state index is 11.6. The molecule has 0 aliphatic carbocycles. The fourth-order valence-electron chi connectivity index (χ4n) is 1.72. The summed E-state index contributed by atoms with van der Waals surface area (Å²) in [6.07, 6.45) is 0. The molecule has 100 valence electrons. The molecule has 18 heavy (non-hydrogen) atoms. The molecular weight excluding hydrogens is 230 g/mol. The number of nitrogens with zero attached hydrogens (tertiary/aromatic N) is 3. The van der Waals surface area contributed by atoms with Gasteiger partial charge in [0.25, 0.3) is 0 Å². The molecule has 0 amide bonds. The number of ether oxygens (including phenoxy) is 1. The minimum absolute atomic E-state index is 0.170. The van der Waals surface area contributed by atoms with Gasteiger partial charge in [-0.05, 0) is 34.6 Å². The van der Waals surface area contributed by atoms with Crippen molar-refractivity contribution in [1.29, 1.82) is 0 Å². The van der Waals surface area contributed by atoms with Gasteiger partial charge in [-0.15, -0.1) is 0 Å². The highest BCUT2D eigenvalue weighted by Crippen LogP contribution is 2.15. The van der Waals surface area contributed by atoms with Crippen LogP contribution in [0.25, 0.3) is 0 Å². The molecule has 0 bridgehead atoms. The third-order valence-corrected chi connectivity index (χ3v) is 2.47. The van der Waals surface area contributed by atoms with Crippen LogP contribution in [0.4, 0.5) is 5.82 Å². The molecule has 1 heterocycles. The van der Waals surface area contributed by atoms with E-state index in [0.29, 0.717) is 12.4 Å². The molecule has 1 rings (SSSR count). The summed E-state index contributed by atoms with van der Waals surface area (Å²) in [5, 5.41) is 0. The van der Waals surface area contributed by atoms with Crippen LogP contribution in [-0.4, -0.2) is 35.1 Å². The van der Waals surface area contributed by atoms with Crippen LogP contribution in [-0.2, 0) is 9.53 Å². The van der Waals surface area contributed by atoms with Crippen molar-refractivity contribution in [3.63, 3.8) is 0 Å². The Morgan fingerprint density at radius 3 is 2.56 bits per heavy atom. The van der Waals surface area contributed by atoms with E-state index < -0.39 is 0 Å². The summed E-state index contributed by atoms with van der Waals surface area (Å²) in [5.41, 5.74) is 0.895. The Bertz CT molecular complexity index is 398. The zero-order valence-corrected chi connectivity index (χ0v) is 11.7. The fourth-order valence-corrected chi connectivity index (χ4v) is 1.72. The second kappa shape index (κ2) is 6.33. The zero-order valence-electron chi connectivity index (χ0n) is 11.7. The van der Waals surface area contributed by atoms with Gasteiger partial charge in [0.2, 0.25) is 0 Å². The van der Waals surface area contributed by atoms with E-state index in [2.05, 4.69) is 9.97 Å². The summed E-state index contributed by atoms with van der Waals surface area (Å²) in [4.78, 5) is 22.1. The van der Waals surface area contributed by atoms with Crippen molar-refractivity contribution >= 4 is 11.8 Å². The van der Waals surface area contributed by atoms with E-state index in [4.69, 9.17) is 4.74 Å². The minimum atomic E-state index is -0.236. The van der Waals surface area contributed by atoms with Crippen molar-refractivity contribution in [3.8, 4) is 0 Å². The van der Waals surface area contributed by atoms with Gasteiger partial charge in [0, 0.05) is 17.8 Å². The first-order chi connectivity index (χ1) is 8.43. The van der Waals surface area contributed by atoms with Crippen LogP contribution in [0.5, 0.6) is 0 Å². The predicted octanol–water partition coefficient (Wildman–Crippen LogP) is 1.87. The van der Waals surface area contributed by atoms with Crippen LogP contribution in [0.2, 0.25) is 0 Å². The van der Waals surface area contributed by atoms with Crippen molar-refractivity contribution < 1.29 is 9.53 Å². The van der Waals surface area contributed by atoms with E-state index in [1.54, 1.807) is 6.92 Å². The minimum Gasteiger partial charge on any atom is -0.465 e. The summed E-state index contributed by atoms with van der Waals surface area (Å²) < 4.78 is 4.98. The zero-order chi connectivity index (χ0) is 13.7. The first kappa shape index (κ1) is 14.4. The maximum absolute atomic E-state index is 11.6. The standard InChI is InChI=1S/C13H21N3O2/c1-6-18-13(17)8-16(9(2)3)12-7-10(4)14-11(5)15-12/h7,9H,6,8H2,1-5H3. The van der Waals surface area contributed by atoms with Gasteiger partial charge in [0.1, 0.15) is 18.2 Å². The Kier molecular flexibility index (Phi) is 5.07. The third kappa shape index (κ3) is 3.98. The van der Waals surface area contributed by atoms with Crippen molar-refractivity contribution in [1.82, 2.24) is 9.97 Å². The van der Waals surface area contributed by atoms with Crippen molar-refractivity contribution in [2.75, 3.05) is 18.1 Å². The lowest BCUT2D eigenvalue weighted by Gasteiger charge is -2.27. The van der Waals surface area contributed by atoms with Gasteiger partial charge in [0.15, 0.2) is 0 Å². The molecule has 1 aromatic rings. The Hall–Kier alpha value is -1.65. The van der Waals surface area contributed by atoms with Gasteiger partial charge >= 0.3 is 5.97 Å². The number of aryl methyl sites for hydroxylation is 2. The first-order valence-electron chi connectivity index (χ1n) is 6.18. The normalized spacial score (nSPS) is 10.6. The second-order valence-corrected chi connectivity index (χ2v) is 4.44. The lowest BCUT2D eigenvalue weighted by molar-refractivity contribution is -0.141. The van der Waals surface area contributed by atoms with E-state index in [-0.39, 0.29) is 18.6 Å². The second-order valence-electron chi connectivity index (χ2n) is 4.44. The van der Waals surface area contributed by atoms with Gasteiger partial charge in [-0.2, -0.15) is 0 Å². The van der Waals surface area contributed by atoms with Crippen molar-refractivity contribution in [2.24, 2.45) is 0 Å². The molecule has 0 aliphatic heterocycles. The first-order valence-corrected chi connectivity index (χ1v) is 6.18. The molecule has 0 atom stereocenters. The number of hydrogen-bond donors (Lipinski definition) is 0. The molecule has 0 unspecified atom stereocenters. The molecule has 5 nitrogen and oxygen atoms in total. The molecular formula is C13H21N3O2. The Balaban J connectivity index is 2.93.